The van der Waals surface area contributed by atoms with Gasteiger partial charge in [0.15, 0.2) is 0 Å². The molecule has 0 fully saturated rings. The highest BCUT2D eigenvalue weighted by Gasteiger charge is 2.15. The van der Waals surface area contributed by atoms with Gasteiger partial charge in [-0.15, -0.1) is 0 Å². The Balaban J connectivity index is 2.42. The molecule has 1 aromatic rings. The van der Waals surface area contributed by atoms with Crippen molar-refractivity contribution in [2.45, 2.75) is 6.92 Å². The van der Waals surface area contributed by atoms with E-state index in [-0.39, 0.29) is 25.6 Å². The van der Waals surface area contributed by atoms with E-state index in [0.717, 1.165) is 0 Å². The molecular formula is C14H18N2O4. The minimum atomic E-state index is -0.502. The Morgan fingerprint density at radius 1 is 1.20 bits per heavy atom. The molecule has 0 atom stereocenters. The highest BCUT2D eigenvalue weighted by Crippen LogP contribution is 2.02. The number of esters is 1. The summed E-state index contributed by atoms with van der Waals surface area (Å²) in [5.41, 5.74) is 0.508. The summed E-state index contributed by atoms with van der Waals surface area (Å²) in [5, 5.41) is 2.40. The molecule has 0 heterocycles. The zero-order chi connectivity index (χ0) is 15.0. The smallest absolute Gasteiger partial charge is 0.325 e. The van der Waals surface area contributed by atoms with E-state index in [2.05, 4.69) is 10.1 Å². The topological polar surface area (TPSA) is 75.7 Å². The van der Waals surface area contributed by atoms with Crippen LogP contribution in [0, 0.1) is 0 Å². The van der Waals surface area contributed by atoms with Crippen molar-refractivity contribution in [3.63, 3.8) is 0 Å². The molecule has 0 aliphatic rings. The van der Waals surface area contributed by atoms with E-state index in [1.165, 1.54) is 11.9 Å². The van der Waals surface area contributed by atoms with Gasteiger partial charge in [0.2, 0.25) is 5.91 Å². The Hall–Kier alpha value is -2.37. The average Bonchev–Trinajstić information content (AvgIpc) is 2.45. The minimum absolute atomic E-state index is 0.118. The van der Waals surface area contributed by atoms with Crippen LogP contribution in [0.15, 0.2) is 30.3 Å². The fraction of sp³-hybridized carbons (Fsp3) is 0.357. The van der Waals surface area contributed by atoms with Crippen LogP contribution in [0.4, 0.5) is 0 Å². The first-order valence-corrected chi connectivity index (χ1v) is 6.27. The van der Waals surface area contributed by atoms with Gasteiger partial charge in [0.1, 0.15) is 6.54 Å². The number of likely N-dealkylation sites (N-methyl/N-ethyl adjacent to an activating group) is 1. The Morgan fingerprint density at radius 3 is 2.45 bits per heavy atom. The molecule has 6 heteroatoms. The number of benzene rings is 1. The predicted molar refractivity (Wildman–Crippen MR) is 73.0 cm³/mol. The molecule has 108 valence electrons. The number of carbonyl (C=O) groups excluding carboxylic acids is 3. The molecule has 0 bridgehead atoms. The first-order chi connectivity index (χ1) is 9.54. The van der Waals surface area contributed by atoms with E-state index in [1.807, 2.05) is 6.07 Å². The van der Waals surface area contributed by atoms with Crippen molar-refractivity contribution in [2.75, 3.05) is 26.7 Å². The molecule has 1 aromatic carbocycles. The lowest BCUT2D eigenvalue weighted by atomic mass is 10.2. The van der Waals surface area contributed by atoms with Gasteiger partial charge in [-0.3, -0.25) is 14.4 Å². The number of hydrogen-bond acceptors (Lipinski definition) is 4. The lowest BCUT2D eigenvalue weighted by Gasteiger charge is -2.16. The molecule has 2 amide bonds. The molecule has 1 rings (SSSR count). The molecule has 6 nitrogen and oxygen atoms in total. The van der Waals surface area contributed by atoms with Gasteiger partial charge in [0, 0.05) is 12.6 Å². The Bertz CT molecular complexity index is 473. The quantitative estimate of drug-likeness (QED) is 0.766. The second-order valence-corrected chi connectivity index (χ2v) is 4.11. The van der Waals surface area contributed by atoms with Crippen LogP contribution in [0.2, 0.25) is 0 Å². The largest absolute Gasteiger partial charge is 0.465 e. The first kappa shape index (κ1) is 15.7. The fourth-order valence-electron chi connectivity index (χ4n) is 1.53. The highest BCUT2D eigenvalue weighted by atomic mass is 16.5. The van der Waals surface area contributed by atoms with Gasteiger partial charge in [0.05, 0.1) is 13.2 Å². The molecular weight excluding hydrogens is 260 g/mol. The van der Waals surface area contributed by atoms with E-state index in [1.54, 1.807) is 31.2 Å². The molecule has 1 N–H and O–H groups in total. The van der Waals surface area contributed by atoms with E-state index < -0.39 is 11.9 Å². The van der Waals surface area contributed by atoms with Crippen LogP contribution in [0.3, 0.4) is 0 Å². The van der Waals surface area contributed by atoms with Crippen molar-refractivity contribution in [1.82, 2.24) is 10.2 Å². The maximum atomic E-state index is 12.0. The number of nitrogens with zero attached hydrogens (tertiary/aromatic N) is 1. The third-order valence-electron chi connectivity index (χ3n) is 2.48. The predicted octanol–water partition coefficient (Wildman–Crippen LogP) is 0.438. The summed E-state index contributed by atoms with van der Waals surface area (Å²) in [6.45, 7) is 1.64. The van der Waals surface area contributed by atoms with Crippen LogP contribution in [0.1, 0.15) is 17.3 Å². The third kappa shape index (κ3) is 5.09. The van der Waals surface area contributed by atoms with Gasteiger partial charge < -0.3 is 15.0 Å². The average molecular weight is 278 g/mol. The van der Waals surface area contributed by atoms with Crippen LogP contribution >= 0.6 is 0 Å². The number of ether oxygens (including phenoxy) is 1. The maximum absolute atomic E-state index is 12.0. The summed E-state index contributed by atoms with van der Waals surface area (Å²) < 4.78 is 4.68. The standard InChI is InChI=1S/C14H18N2O4/c1-3-20-13(18)9-15-12(17)10-16(2)14(19)11-7-5-4-6-8-11/h4-8H,3,9-10H2,1-2H3,(H,15,17). The van der Waals surface area contributed by atoms with Crippen LogP contribution in [0.5, 0.6) is 0 Å². The zero-order valence-corrected chi connectivity index (χ0v) is 11.6. The summed E-state index contributed by atoms with van der Waals surface area (Å²) in [6, 6.07) is 8.66. The molecule has 0 aliphatic carbocycles. The van der Waals surface area contributed by atoms with Crippen LogP contribution in [-0.4, -0.2) is 49.4 Å². The van der Waals surface area contributed by atoms with Crippen LogP contribution in [-0.2, 0) is 14.3 Å². The van der Waals surface area contributed by atoms with Gasteiger partial charge in [-0.2, -0.15) is 0 Å². The molecule has 0 aliphatic heterocycles. The summed E-state index contributed by atoms with van der Waals surface area (Å²) in [4.78, 5) is 35.9. The van der Waals surface area contributed by atoms with Crippen molar-refractivity contribution >= 4 is 17.8 Å². The minimum Gasteiger partial charge on any atom is -0.465 e. The molecule has 0 aromatic heterocycles. The normalized spacial score (nSPS) is 9.70. The second-order valence-electron chi connectivity index (χ2n) is 4.11. The lowest BCUT2D eigenvalue weighted by Crippen LogP contribution is -2.40. The van der Waals surface area contributed by atoms with E-state index >= 15 is 0 Å². The van der Waals surface area contributed by atoms with Gasteiger partial charge in [-0.25, -0.2) is 0 Å². The summed E-state index contributed by atoms with van der Waals surface area (Å²) >= 11 is 0. The number of nitrogens with one attached hydrogen (secondary N) is 1. The second kappa shape index (κ2) is 7.93. The third-order valence-corrected chi connectivity index (χ3v) is 2.48. The molecule has 0 saturated carbocycles. The first-order valence-electron chi connectivity index (χ1n) is 6.27. The van der Waals surface area contributed by atoms with Crippen molar-refractivity contribution in [2.24, 2.45) is 0 Å². The van der Waals surface area contributed by atoms with Crippen molar-refractivity contribution < 1.29 is 19.1 Å². The van der Waals surface area contributed by atoms with Gasteiger partial charge in [-0.05, 0) is 19.1 Å². The van der Waals surface area contributed by atoms with Crippen molar-refractivity contribution in [1.29, 1.82) is 0 Å². The summed E-state index contributed by atoms with van der Waals surface area (Å²) in [5.74, 6) is -1.17. The lowest BCUT2D eigenvalue weighted by molar-refractivity contribution is -0.143. The maximum Gasteiger partial charge on any atom is 0.325 e. The number of hydrogen-bond donors (Lipinski definition) is 1. The molecule has 0 saturated heterocycles. The van der Waals surface area contributed by atoms with Crippen LogP contribution < -0.4 is 5.32 Å². The van der Waals surface area contributed by atoms with E-state index in [9.17, 15) is 14.4 Å². The Labute approximate surface area is 117 Å². The number of rotatable bonds is 6. The van der Waals surface area contributed by atoms with Gasteiger partial charge in [0.25, 0.3) is 5.91 Å². The molecule has 0 radical (unpaired) electrons. The van der Waals surface area contributed by atoms with Crippen molar-refractivity contribution in [3.8, 4) is 0 Å². The zero-order valence-electron chi connectivity index (χ0n) is 11.6. The van der Waals surface area contributed by atoms with Gasteiger partial charge >= 0.3 is 5.97 Å². The number of amides is 2. The molecule has 20 heavy (non-hydrogen) atoms. The molecule has 0 unspecified atom stereocenters. The number of carbonyl (C=O) groups is 3. The van der Waals surface area contributed by atoms with Crippen LogP contribution in [0.25, 0.3) is 0 Å². The van der Waals surface area contributed by atoms with E-state index in [4.69, 9.17) is 0 Å². The highest BCUT2D eigenvalue weighted by molar-refractivity contribution is 5.96. The monoisotopic (exact) mass is 278 g/mol. The van der Waals surface area contributed by atoms with Gasteiger partial charge in [-0.1, -0.05) is 18.2 Å². The molecule has 0 spiro atoms. The Morgan fingerprint density at radius 2 is 1.85 bits per heavy atom. The summed E-state index contributed by atoms with van der Waals surface area (Å²) in [7, 11) is 1.53. The summed E-state index contributed by atoms with van der Waals surface area (Å²) in [6.07, 6.45) is 0. The Kier molecular flexibility index (Phi) is 6.22. The van der Waals surface area contributed by atoms with E-state index in [0.29, 0.717) is 5.56 Å². The SMILES string of the molecule is CCOC(=O)CNC(=O)CN(C)C(=O)c1ccccc1. The van der Waals surface area contributed by atoms with Crippen molar-refractivity contribution in [3.05, 3.63) is 35.9 Å². The fourth-order valence-corrected chi connectivity index (χ4v) is 1.53.